The highest BCUT2D eigenvalue weighted by Gasteiger charge is 2.29. The smallest absolute Gasteiger partial charge is 0.310 e. The van der Waals surface area contributed by atoms with Gasteiger partial charge in [0.1, 0.15) is 0 Å². The molecule has 1 amide bonds. The zero-order valence-corrected chi connectivity index (χ0v) is 14.0. The number of halogens is 2. The first-order valence-corrected chi connectivity index (χ1v) is 7.80. The van der Waals surface area contributed by atoms with E-state index in [4.69, 9.17) is 16.3 Å². The van der Waals surface area contributed by atoms with E-state index in [0.717, 1.165) is 16.4 Å². The van der Waals surface area contributed by atoms with Crippen LogP contribution in [0.4, 0.5) is 0 Å². The van der Waals surface area contributed by atoms with E-state index in [1.54, 1.807) is 17.0 Å². The first-order chi connectivity index (χ1) is 9.52. The molecule has 0 spiro atoms. The van der Waals surface area contributed by atoms with E-state index in [1.807, 2.05) is 6.07 Å². The molecule has 6 heteroatoms. The van der Waals surface area contributed by atoms with Crippen molar-refractivity contribution >= 4 is 46.1 Å². The molecule has 0 aromatic heterocycles. The van der Waals surface area contributed by atoms with Crippen molar-refractivity contribution in [2.24, 2.45) is 5.92 Å². The molecule has 0 radical (unpaired) electrons. The van der Waals surface area contributed by atoms with Gasteiger partial charge in [0.15, 0.2) is 0 Å². The van der Waals surface area contributed by atoms with Gasteiger partial charge in [-0.25, -0.2) is 0 Å². The summed E-state index contributed by atoms with van der Waals surface area (Å²) in [7, 11) is 1.38. The van der Waals surface area contributed by atoms with Gasteiger partial charge < -0.3 is 9.64 Å². The molecule has 0 saturated carbocycles. The third-order valence-electron chi connectivity index (χ3n) is 3.41. The number of methoxy groups -OCH3 is 1. The number of nitrogens with zero attached hydrogens (tertiary/aromatic N) is 1. The highest BCUT2D eigenvalue weighted by molar-refractivity contribution is 14.1. The Labute approximate surface area is 136 Å². The minimum atomic E-state index is -0.247. The number of benzene rings is 1. The molecule has 1 aliphatic rings. The number of hydrogen-bond acceptors (Lipinski definition) is 3. The second-order valence-electron chi connectivity index (χ2n) is 4.74. The van der Waals surface area contributed by atoms with Crippen LogP contribution in [0.2, 0.25) is 5.02 Å². The topological polar surface area (TPSA) is 46.6 Å². The standard InChI is InChI=1S/C14H15ClINO3/c1-20-14(19)10-3-2-6-17(8-10)13(18)9-4-5-12(16)11(15)7-9/h4-5,7,10H,2-3,6,8H2,1H3. The molecule has 0 N–H and O–H groups in total. The molecule has 0 aliphatic carbocycles. The summed E-state index contributed by atoms with van der Waals surface area (Å²) in [6, 6.07) is 5.25. The molecule has 1 aromatic carbocycles. The predicted octanol–water partition coefficient (Wildman–Crippen LogP) is 2.97. The average Bonchev–Trinajstić information content (AvgIpc) is 2.48. The van der Waals surface area contributed by atoms with Crippen LogP contribution < -0.4 is 0 Å². The van der Waals surface area contributed by atoms with E-state index < -0.39 is 0 Å². The van der Waals surface area contributed by atoms with Crippen LogP contribution in [-0.4, -0.2) is 37.0 Å². The fourth-order valence-corrected chi connectivity index (χ4v) is 2.85. The SMILES string of the molecule is COC(=O)C1CCCN(C(=O)c2ccc(I)c(Cl)c2)C1. The first kappa shape index (κ1) is 15.6. The van der Waals surface area contributed by atoms with E-state index in [2.05, 4.69) is 22.6 Å². The van der Waals surface area contributed by atoms with Gasteiger partial charge in [0.2, 0.25) is 0 Å². The summed E-state index contributed by atoms with van der Waals surface area (Å²) in [4.78, 5) is 25.7. The normalized spacial score (nSPS) is 18.8. The molecule has 1 heterocycles. The molecule has 0 bridgehead atoms. The molecule has 108 valence electrons. The van der Waals surface area contributed by atoms with Gasteiger partial charge in [0, 0.05) is 22.2 Å². The summed E-state index contributed by atoms with van der Waals surface area (Å²) in [6.45, 7) is 1.07. The van der Waals surface area contributed by atoms with Gasteiger partial charge in [-0.2, -0.15) is 0 Å². The van der Waals surface area contributed by atoms with Gasteiger partial charge in [-0.05, 0) is 53.6 Å². The van der Waals surface area contributed by atoms with Crippen LogP contribution in [0.5, 0.6) is 0 Å². The number of esters is 1. The van der Waals surface area contributed by atoms with Crippen LogP contribution in [0.25, 0.3) is 0 Å². The molecule has 1 aliphatic heterocycles. The maximum absolute atomic E-state index is 12.4. The lowest BCUT2D eigenvalue weighted by Crippen LogP contribution is -2.42. The number of rotatable bonds is 2. The number of ether oxygens (including phenoxy) is 1. The zero-order valence-electron chi connectivity index (χ0n) is 11.1. The van der Waals surface area contributed by atoms with Gasteiger partial charge >= 0.3 is 5.97 Å². The summed E-state index contributed by atoms with van der Waals surface area (Å²) >= 11 is 8.16. The van der Waals surface area contributed by atoms with Gasteiger partial charge in [-0.15, -0.1) is 0 Å². The lowest BCUT2D eigenvalue weighted by atomic mass is 9.97. The fourth-order valence-electron chi connectivity index (χ4n) is 2.33. The predicted molar refractivity (Wildman–Crippen MR) is 84.8 cm³/mol. The Morgan fingerprint density at radius 2 is 2.20 bits per heavy atom. The van der Waals surface area contributed by atoms with E-state index in [9.17, 15) is 9.59 Å². The Kier molecular flexibility index (Phi) is 5.26. The zero-order chi connectivity index (χ0) is 14.7. The minimum Gasteiger partial charge on any atom is -0.469 e. The monoisotopic (exact) mass is 407 g/mol. The lowest BCUT2D eigenvalue weighted by Gasteiger charge is -2.31. The summed E-state index contributed by atoms with van der Waals surface area (Å²) in [6.07, 6.45) is 1.58. The fraction of sp³-hybridized carbons (Fsp3) is 0.429. The number of carbonyl (C=O) groups is 2. The molecular formula is C14H15ClINO3. The summed E-state index contributed by atoms with van der Waals surface area (Å²) in [5.74, 6) is -0.558. The van der Waals surface area contributed by atoms with Crippen LogP contribution >= 0.6 is 34.2 Å². The van der Waals surface area contributed by atoms with Crippen molar-refractivity contribution in [2.75, 3.05) is 20.2 Å². The number of amides is 1. The number of carbonyl (C=O) groups excluding carboxylic acids is 2. The number of hydrogen-bond donors (Lipinski definition) is 0. The van der Waals surface area contributed by atoms with E-state index in [-0.39, 0.29) is 17.8 Å². The van der Waals surface area contributed by atoms with Crippen molar-refractivity contribution in [2.45, 2.75) is 12.8 Å². The van der Waals surface area contributed by atoms with Crippen molar-refractivity contribution in [3.63, 3.8) is 0 Å². The maximum atomic E-state index is 12.4. The van der Waals surface area contributed by atoms with E-state index >= 15 is 0 Å². The number of likely N-dealkylation sites (tertiary alicyclic amines) is 1. The molecule has 1 aromatic rings. The van der Waals surface area contributed by atoms with Crippen molar-refractivity contribution in [3.05, 3.63) is 32.4 Å². The Hall–Kier alpha value is -0.820. The maximum Gasteiger partial charge on any atom is 0.310 e. The molecule has 2 rings (SSSR count). The molecule has 1 unspecified atom stereocenters. The second kappa shape index (κ2) is 6.76. The lowest BCUT2D eigenvalue weighted by molar-refractivity contribution is -0.146. The number of piperidine rings is 1. The van der Waals surface area contributed by atoms with Crippen molar-refractivity contribution in [1.82, 2.24) is 4.90 Å². The molecule has 1 saturated heterocycles. The summed E-state index contributed by atoms with van der Waals surface area (Å²) in [5.41, 5.74) is 0.556. The van der Waals surface area contributed by atoms with Gasteiger partial charge in [0.05, 0.1) is 18.1 Å². The summed E-state index contributed by atoms with van der Waals surface area (Å²) in [5, 5.41) is 0.568. The highest BCUT2D eigenvalue weighted by atomic mass is 127. The molecular weight excluding hydrogens is 393 g/mol. The van der Waals surface area contributed by atoms with Crippen LogP contribution in [-0.2, 0) is 9.53 Å². The van der Waals surface area contributed by atoms with E-state index in [1.165, 1.54) is 7.11 Å². The molecule has 20 heavy (non-hydrogen) atoms. The Balaban J connectivity index is 2.12. The van der Waals surface area contributed by atoms with Crippen LogP contribution in [0.3, 0.4) is 0 Å². The van der Waals surface area contributed by atoms with Gasteiger partial charge in [0.25, 0.3) is 5.91 Å². The van der Waals surface area contributed by atoms with Gasteiger partial charge in [-0.1, -0.05) is 11.6 Å². The summed E-state index contributed by atoms with van der Waals surface area (Å²) < 4.78 is 5.67. The molecule has 1 atom stereocenters. The first-order valence-electron chi connectivity index (χ1n) is 6.35. The minimum absolute atomic E-state index is 0.0862. The Morgan fingerprint density at radius 3 is 2.85 bits per heavy atom. The second-order valence-corrected chi connectivity index (χ2v) is 6.31. The van der Waals surface area contributed by atoms with Gasteiger partial charge in [-0.3, -0.25) is 9.59 Å². The van der Waals surface area contributed by atoms with E-state index in [0.29, 0.717) is 23.7 Å². The Bertz CT molecular complexity index is 535. The Morgan fingerprint density at radius 1 is 1.45 bits per heavy atom. The van der Waals surface area contributed by atoms with Crippen LogP contribution in [0, 0.1) is 9.49 Å². The third kappa shape index (κ3) is 3.44. The van der Waals surface area contributed by atoms with Crippen molar-refractivity contribution in [3.8, 4) is 0 Å². The highest BCUT2D eigenvalue weighted by Crippen LogP contribution is 2.23. The van der Waals surface area contributed by atoms with Crippen molar-refractivity contribution in [1.29, 1.82) is 0 Å². The molecule has 1 fully saturated rings. The van der Waals surface area contributed by atoms with Crippen molar-refractivity contribution < 1.29 is 14.3 Å². The average molecular weight is 408 g/mol. The largest absolute Gasteiger partial charge is 0.469 e. The third-order valence-corrected chi connectivity index (χ3v) is 4.98. The molecule has 4 nitrogen and oxygen atoms in total. The van der Waals surface area contributed by atoms with Crippen LogP contribution in [0.1, 0.15) is 23.2 Å². The quantitative estimate of drug-likeness (QED) is 0.559. The van der Waals surface area contributed by atoms with Crippen LogP contribution in [0.15, 0.2) is 18.2 Å².